The summed E-state index contributed by atoms with van der Waals surface area (Å²) in [6, 6.07) is 4.91. The average Bonchev–Trinajstić information content (AvgIpc) is 3.13. The lowest BCUT2D eigenvalue weighted by Crippen LogP contribution is -2.30. The standard InChI is InChI=1S/C21H27ClN2O5S2/c1-4-5-9-23(2)31(27,28)21-19(20(26)29-3)16-8-10-24(13-18(16)30-21)12-14-11-15(22)6-7-17(14)25/h6-7,11,25H,4-5,8-10,12-13H2,1-3H3. The number of benzene rings is 1. The fourth-order valence-electron chi connectivity index (χ4n) is 3.62. The first kappa shape index (κ1) is 24.0. The molecule has 1 aromatic heterocycles. The smallest absolute Gasteiger partial charge is 0.340 e. The van der Waals surface area contributed by atoms with Crippen molar-refractivity contribution in [3.63, 3.8) is 0 Å². The molecule has 0 fully saturated rings. The molecule has 2 aromatic rings. The molecular weight excluding hydrogens is 460 g/mol. The van der Waals surface area contributed by atoms with Gasteiger partial charge in [-0.05, 0) is 36.6 Å². The van der Waals surface area contributed by atoms with Crippen LogP contribution >= 0.6 is 22.9 Å². The Morgan fingerprint density at radius 1 is 1.39 bits per heavy atom. The minimum absolute atomic E-state index is 0.0513. The fourth-order valence-corrected chi connectivity index (χ4v) is 7.14. The van der Waals surface area contributed by atoms with Crippen LogP contribution in [0.4, 0.5) is 0 Å². The van der Waals surface area contributed by atoms with Crippen molar-refractivity contribution in [3.05, 3.63) is 44.8 Å². The molecule has 1 aromatic carbocycles. The van der Waals surface area contributed by atoms with Gasteiger partial charge in [0.2, 0.25) is 0 Å². The van der Waals surface area contributed by atoms with Gasteiger partial charge in [0, 0.05) is 48.7 Å². The Bertz CT molecular complexity index is 1070. The lowest BCUT2D eigenvalue weighted by Gasteiger charge is -2.27. The second-order valence-corrected chi connectivity index (χ2v) is 11.4. The Morgan fingerprint density at radius 2 is 2.13 bits per heavy atom. The van der Waals surface area contributed by atoms with Gasteiger partial charge in [-0.15, -0.1) is 11.3 Å². The first-order valence-electron chi connectivity index (χ1n) is 10.1. The molecule has 0 spiro atoms. The van der Waals surface area contributed by atoms with Gasteiger partial charge in [0.25, 0.3) is 10.0 Å². The summed E-state index contributed by atoms with van der Waals surface area (Å²) < 4.78 is 32.7. The van der Waals surface area contributed by atoms with E-state index in [0.717, 1.165) is 34.6 Å². The summed E-state index contributed by atoms with van der Waals surface area (Å²) in [5.41, 5.74) is 1.61. The highest BCUT2D eigenvalue weighted by Gasteiger charge is 2.35. The molecule has 1 aliphatic rings. The number of esters is 1. The Morgan fingerprint density at radius 3 is 2.81 bits per heavy atom. The van der Waals surface area contributed by atoms with Crippen LogP contribution in [0.5, 0.6) is 5.75 Å². The van der Waals surface area contributed by atoms with Crippen molar-refractivity contribution < 1.29 is 23.1 Å². The number of hydrogen-bond acceptors (Lipinski definition) is 7. The Labute approximate surface area is 192 Å². The summed E-state index contributed by atoms with van der Waals surface area (Å²) in [6.07, 6.45) is 2.13. The highest BCUT2D eigenvalue weighted by Crippen LogP contribution is 2.38. The number of phenols is 1. The van der Waals surface area contributed by atoms with Crippen LogP contribution in [-0.2, 0) is 34.3 Å². The Balaban J connectivity index is 1.94. The largest absolute Gasteiger partial charge is 0.508 e. The zero-order valence-corrected chi connectivity index (χ0v) is 20.2. The van der Waals surface area contributed by atoms with Gasteiger partial charge in [-0.25, -0.2) is 17.5 Å². The van der Waals surface area contributed by atoms with Gasteiger partial charge in [0.05, 0.1) is 12.7 Å². The zero-order valence-electron chi connectivity index (χ0n) is 17.9. The monoisotopic (exact) mass is 486 g/mol. The van der Waals surface area contributed by atoms with Crippen LogP contribution in [0.15, 0.2) is 22.4 Å². The van der Waals surface area contributed by atoms with E-state index in [4.69, 9.17) is 16.3 Å². The van der Waals surface area contributed by atoms with Crippen molar-refractivity contribution in [2.45, 2.75) is 43.5 Å². The quantitative estimate of drug-likeness (QED) is 0.570. The van der Waals surface area contributed by atoms with Crippen molar-refractivity contribution in [1.82, 2.24) is 9.21 Å². The Kier molecular flexibility index (Phi) is 7.64. The molecule has 0 radical (unpaired) electrons. The molecule has 0 unspecified atom stereocenters. The van der Waals surface area contributed by atoms with Crippen LogP contribution in [0.1, 0.15) is 46.1 Å². The molecule has 0 bridgehead atoms. The van der Waals surface area contributed by atoms with Crippen molar-refractivity contribution in [3.8, 4) is 5.75 Å². The van der Waals surface area contributed by atoms with Crippen LogP contribution in [0.2, 0.25) is 5.02 Å². The fraction of sp³-hybridized carbons (Fsp3) is 0.476. The van der Waals surface area contributed by atoms with Gasteiger partial charge < -0.3 is 9.84 Å². The number of fused-ring (bicyclic) bond motifs is 1. The number of unbranched alkanes of at least 4 members (excludes halogenated alkanes) is 1. The van der Waals surface area contributed by atoms with Crippen molar-refractivity contribution >= 4 is 38.9 Å². The topological polar surface area (TPSA) is 87.2 Å². The van der Waals surface area contributed by atoms with Crippen LogP contribution in [0, 0.1) is 0 Å². The van der Waals surface area contributed by atoms with Gasteiger partial charge in [-0.3, -0.25) is 4.90 Å². The number of aromatic hydroxyl groups is 1. The predicted octanol–water partition coefficient (Wildman–Crippen LogP) is 3.87. The first-order valence-corrected chi connectivity index (χ1v) is 12.7. The number of carbonyl (C=O) groups excluding carboxylic acids is 1. The lowest BCUT2D eigenvalue weighted by molar-refractivity contribution is 0.0595. The molecule has 0 saturated carbocycles. The Hall–Kier alpha value is -1.65. The number of halogens is 1. The zero-order chi connectivity index (χ0) is 22.8. The first-order chi connectivity index (χ1) is 14.7. The van der Waals surface area contributed by atoms with E-state index >= 15 is 0 Å². The molecule has 0 amide bonds. The third kappa shape index (κ3) is 5.06. The second-order valence-electron chi connectivity index (χ2n) is 7.57. The molecule has 0 atom stereocenters. The molecule has 170 valence electrons. The number of sulfonamides is 1. The number of rotatable bonds is 8. The summed E-state index contributed by atoms with van der Waals surface area (Å²) in [6.45, 7) is 3.95. The number of phenolic OH excluding ortho intramolecular Hbond substituents is 1. The van der Waals surface area contributed by atoms with E-state index in [-0.39, 0.29) is 15.5 Å². The second kappa shape index (κ2) is 9.87. The number of methoxy groups -OCH3 is 1. The predicted molar refractivity (Wildman–Crippen MR) is 121 cm³/mol. The van der Waals surface area contributed by atoms with Crippen molar-refractivity contribution in [2.24, 2.45) is 0 Å². The molecule has 7 nitrogen and oxygen atoms in total. The van der Waals surface area contributed by atoms with Gasteiger partial charge >= 0.3 is 5.97 Å². The number of nitrogens with zero attached hydrogens (tertiary/aromatic N) is 2. The molecule has 3 rings (SSSR count). The molecular formula is C21H27ClN2O5S2. The highest BCUT2D eigenvalue weighted by molar-refractivity contribution is 7.91. The SMILES string of the molecule is CCCCN(C)S(=O)(=O)c1sc2c(c1C(=O)OC)CCN(Cc1cc(Cl)ccc1O)C2. The van der Waals surface area contributed by atoms with E-state index in [2.05, 4.69) is 4.90 Å². The van der Waals surface area contributed by atoms with Gasteiger partial charge in [0.15, 0.2) is 0 Å². The minimum Gasteiger partial charge on any atom is -0.508 e. The maximum absolute atomic E-state index is 13.2. The summed E-state index contributed by atoms with van der Waals surface area (Å²) in [5, 5.41) is 10.7. The van der Waals surface area contributed by atoms with Crippen molar-refractivity contribution in [1.29, 1.82) is 0 Å². The number of hydrogen-bond donors (Lipinski definition) is 1. The van der Waals surface area contributed by atoms with Crippen LogP contribution < -0.4 is 0 Å². The van der Waals surface area contributed by atoms with E-state index in [1.54, 1.807) is 25.2 Å². The normalized spacial score (nSPS) is 14.6. The summed E-state index contributed by atoms with van der Waals surface area (Å²) in [5.74, 6) is -0.460. The lowest BCUT2D eigenvalue weighted by atomic mass is 10.0. The summed E-state index contributed by atoms with van der Waals surface area (Å²) in [4.78, 5) is 15.5. The van der Waals surface area contributed by atoms with Crippen LogP contribution in [-0.4, -0.2) is 55.9 Å². The van der Waals surface area contributed by atoms with Crippen LogP contribution in [0.25, 0.3) is 0 Å². The number of thiophene rings is 1. The van der Waals surface area contributed by atoms with Crippen molar-refractivity contribution in [2.75, 3.05) is 27.2 Å². The molecule has 1 N–H and O–H groups in total. The van der Waals surface area contributed by atoms with Gasteiger partial charge in [-0.1, -0.05) is 24.9 Å². The third-order valence-corrected chi connectivity index (χ3v) is 9.20. The van der Waals surface area contributed by atoms with Crippen LogP contribution in [0.3, 0.4) is 0 Å². The number of carbonyl (C=O) groups is 1. The molecule has 0 aliphatic carbocycles. The van der Waals surface area contributed by atoms with Gasteiger partial charge in [-0.2, -0.15) is 0 Å². The third-order valence-electron chi connectivity index (χ3n) is 5.40. The number of ether oxygens (including phenoxy) is 1. The van der Waals surface area contributed by atoms with E-state index < -0.39 is 16.0 Å². The van der Waals surface area contributed by atoms with E-state index in [0.29, 0.717) is 43.2 Å². The molecule has 1 aliphatic heterocycles. The molecule has 0 saturated heterocycles. The maximum Gasteiger partial charge on any atom is 0.340 e. The van der Waals surface area contributed by atoms with E-state index in [1.807, 2.05) is 6.92 Å². The van der Waals surface area contributed by atoms with E-state index in [9.17, 15) is 18.3 Å². The molecule has 31 heavy (non-hydrogen) atoms. The van der Waals surface area contributed by atoms with Gasteiger partial charge in [0.1, 0.15) is 9.96 Å². The molecule has 10 heteroatoms. The highest BCUT2D eigenvalue weighted by atomic mass is 35.5. The average molecular weight is 487 g/mol. The minimum atomic E-state index is -3.80. The van der Waals surface area contributed by atoms with E-state index in [1.165, 1.54) is 11.4 Å². The summed E-state index contributed by atoms with van der Waals surface area (Å²) in [7, 11) is -1.000. The maximum atomic E-state index is 13.2. The summed E-state index contributed by atoms with van der Waals surface area (Å²) >= 11 is 7.19. The molecule has 2 heterocycles.